The summed E-state index contributed by atoms with van der Waals surface area (Å²) in [6.45, 7) is 6.65. The van der Waals surface area contributed by atoms with Crippen molar-refractivity contribution in [3.8, 4) is 0 Å². The van der Waals surface area contributed by atoms with Crippen LogP contribution in [0.2, 0.25) is 0 Å². The standard InChI is InChI=1S/C13H19IN2O2/c1-9-12(14)10(2)16(15-9)11-3-5-18-13(7-11)4-6-17-8-13/h11H,3-8H2,1-2H3. The number of halogens is 1. The average molecular weight is 362 g/mol. The number of ether oxygens (including phenoxy) is 2. The summed E-state index contributed by atoms with van der Waals surface area (Å²) in [4.78, 5) is 0. The molecule has 0 aromatic carbocycles. The molecule has 0 aliphatic carbocycles. The van der Waals surface area contributed by atoms with E-state index in [1.54, 1.807) is 0 Å². The van der Waals surface area contributed by atoms with E-state index in [1.807, 2.05) is 0 Å². The zero-order valence-electron chi connectivity index (χ0n) is 10.9. The van der Waals surface area contributed by atoms with Crippen molar-refractivity contribution in [1.82, 2.24) is 9.78 Å². The Bertz CT molecular complexity index is 452. The minimum Gasteiger partial charge on any atom is -0.378 e. The molecule has 5 heteroatoms. The molecule has 2 saturated heterocycles. The Hall–Kier alpha value is -0.140. The summed E-state index contributed by atoms with van der Waals surface area (Å²) in [7, 11) is 0. The minimum atomic E-state index is -0.0410. The van der Waals surface area contributed by atoms with Gasteiger partial charge in [0.25, 0.3) is 0 Å². The van der Waals surface area contributed by atoms with Crippen LogP contribution in [-0.4, -0.2) is 35.2 Å². The van der Waals surface area contributed by atoms with Crippen LogP contribution < -0.4 is 0 Å². The van der Waals surface area contributed by atoms with Crippen molar-refractivity contribution in [3.05, 3.63) is 15.0 Å². The summed E-state index contributed by atoms with van der Waals surface area (Å²) in [5.41, 5.74) is 2.38. The monoisotopic (exact) mass is 362 g/mol. The van der Waals surface area contributed by atoms with E-state index in [-0.39, 0.29) is 5.60 Å². The molecular formula is C13H19IN2O2. The molecule has 0 radical (unpaired) electrons. The normalized spacial score (nSPS) is 32.3. The van der Waals surface area contributed by atoms with Crippen LogP contribution in [0.25, 0.3) is 0 Å². The van der Waals surface area contributed by atoms with Gasteiger partial charge in [0, 0.05) is 31.7 Å². The van der Waals surface area contributed by atoms with Crippen LogP contribution >= 0.6 is 22.6 Å². The van der Waals surface area contributed by atoms with Gasteiger partial charge in [-0.3, -0.25) is 4.68 Å². The van der Waals surface area contributed by atoms with Gasteiger partial charge >= 0.3 is 0 Å². The van der Waals surface area contributed by atoms with Crippen LogP contribution in [0.4, 0.5) is 0 Å². The molecule has 1 spiro atoms. The van der Waals surface area contributed by atoms with Crippen molar-refractivity contribution in [2.75, 3.05) is 19.8 Å². The third-order valence-corrected chi connectivity index (χ3v) is 5.68. The summed E-state index contributed by atoms with van der Waals surface area (Å²) in [5.74, 6) is 0. The van der Waals surface area contributed by atoms with Crippen LogP contribution in [0.5, 0.6) is 0 Å². The number of aromatic nitrogens is 2. The maximum atomic E-state index is 5.99. The van der Waals surface area contributed by atoms with Gasteiger partial charge in [-0.15, -0.1) is 0 Å². The van der Waals surface area contributed by atoms with E-state index in [4.69, 9.17) is 14.6 Å². The first-order valence-corrected chi connectivity index (χ1v) is 7.62. The molecule has 0 amide bonds. The Kier molecular flexibility index (Phi) is 3.40. The lowest BCUT2D eigenvalue weighted by Crippen LogP contribution is -2.41. The maximum Gasteiger partial charge on any atom is 0.0957 e. The van der Waals surface area contributed by atoms with Gasteiger partial charge in [0.1, 0.15) is 0 Å². The number of aryl methyl sites for hydroxylation is 1. The van der Waals surface area contributed by atoms with Crippen LogP contribution in [0.1, 0.15) is 36.7 Å². The summed E-state index contributed by atoms with van der Waals surface area (Å²) in [6, 6.07) is 0.461. The molecule has 2 fully saturated rings. The number of nitrogens with zero attached hydrogens (tertiary/aromatic N) is 2. The molecule has 18 heavy (non-hydrogen) atoms. The minimum absolute atomic E-state index is 0.0410. The molecule has 0 N–H and O–H groups in total. The molecule has 0 saturated carbocycles. The van der Waals surface area contributed by atoms with Crippen molar-refractivity contribution >= 4 is 22.6 Å². The van der Waals surface area contributed by atoms with E-state index in [9.17, 15) is 0 Å². The highest BCUT2D eigenvalue weighted by Gasteiger charge is 2.42. The quantitative estimate of drug-likeness (QED) is 0.721. The Labute approximate surface area is 121 Å². The average Bonchev–Trinajstić information content (AvgIpc) is 2.90. The van der Waals surface area contributed by atoms with Gasteiger partial charge in [0.2, 0.25) is 0 Å². The second-order valence-corrected chi connectivity index (χ2v) is 6.49. The highest BCUT2D eigenvalue weighted by molar-refractivity contribution is 14.1. The SMILES string of the molecule is Cc1nn(C2CCOC3(CCOC3)C2)c(C)c1I. The first-order chi connectivity index (χ1) is 8.61. The maximum absolute atomic E-state index is 5.99. The second kappa shape index (κ2) is 4.76. The van der Waals surface area contributed by atoms with Crippen molar-refractivity contribution < 1.29 is 9.47 Å². The zero-order chi connectivity index (χ0) is 12.8. The van der Waals surface area contributed by atoms with Crippen molar-refractivity contribution in [2.45, 2.75) is 44.8 Å². The Morgan fingerprint density at radius 3 is 2.83 bits per heavy atom. The van der Waals surface area contributed by atoms with Gasteiger partial charge in [-0.25, -0.2) is 0 Å². The predicted molar refractivity (Wildman–Crippen MR) is 76.8 cm³/mol. The van der Waals surface area contributed by atoms with Gasteiger partial charge in [-0.05, 0) is 42.9 Å². The molecular weight excluding hydrogens is 343 g/mol. The molecule has 3 heterocycles. The summed E-state index contributed by atoms with van der Waals surface area (Å²) in [6.07, 6.45) is 3.12. The van der Waals surface area contributed by atoms with Crippen molar-refractivity contribution in [1.29, 1.82) is 0 Å². The first kappa shape index (κ1) is 12.9. The van der Waals surface area contributed by atoms with Crippen LogP contribution in [0.3, 0.4) is 0 Å². The lowest BCUT2D eigenvalue weighted by molar-refractivity contribution is -0.0965. The second-order valence-electron chi connectivity index (χ2n) is 5.41. The number of rotatable bonds is 1. The largest absolute Gasteiger partial charge is 0.378 e. The number of hydrogen-bond acceptors (Lipinski definition) is 3. The fourth-order valence-corrected chi connectivity index (χ4v) is 3.43. The van der Waals surface area contributed by atoms with Crippen LogP contribution in [-0.2, 0) is 9.47 Å². The van der Waals surface area contributed by atoms with Crippen molar-refractivity contribution in [3.63, 3.8) is 0 Å². The zero-order valence-corrected chi connectivity index (χ0v) is 13.1. The highest BCUT2D eigenvalue weighted by atomic mass is 127. The van der Waals surface area contributed by atoms with E-state index >= 15 is 0 Å². The molecule has 2 aliphatic heterocycles. The molecule has 2 unspecified atom stereocenters. The Morgan fingerprint density at radius 1 is 1.39 bits per heavy atom. The molecule has 2 atom stereocenters. The molecule has 1 aromatic rings. The number of hydrogen-bond donors (Lipinski definition) is 0. The Balaban J connectivity index is 1.85. The molecule has 1 aromatic heterocycles. The molecule has 100 valence electrons. The topological polar surface area (TPSA) is 36.3 Å². The third-order valence-electron chi connectivity index (χ3n) is 4.12. The molecule has 4 nitrogen and oxygen atoms in total. The summed E-state index contributed by atoms with van der Waals surface area (Å²) >= 11 is 2.39. The molecule has 3 rings (SSSR count). The van der Waals surface area contributed by atoms with Gasteiger partial charge in [-0.1, -0.05) is 0 Å². The van der Waals surface area contributed by atoms with E-state index in [0.717, 1.165) is 44.8 Å². The summed E-state index contributed by atoms with van der Waals surface area (Å²) in [5, 5.41) is 4.70. The third kappa shape index (κ3) is 2.10. The fourth-order valence-electron chi connectivity index (χ4n) is 3.07. The van der Waals surface area contributed by atoms with E-state index < -0.39 is 0 Å². The van der Waals surface area contributed by atoms with Gasteiger partial charge in [-0.2, -0.15) is 5.10 Å². The van der Waals surface area contributed by atoms with Gasteiger partial charge < -0.3 is 9.47 Å². The Morgan fingerprint density at radius 2 is 2.22 bits per heavy atom. The van der Waals surface area contributed by atoms with Crippen LogP contribution in [0, 0.1) is 17.4 Å². The fraction of sp³-hybridized carbons (Fsp3) is 0.769. The van der Waals surface area contributed by atoms with Crippen LogP contribution in [0.15, 0.2) is 0 Å². The van der Waals surface area contributed by atoms with Gasteiger partial charge in [0.05, 0.1) is 27.5 Å². The molecule has 0 bridgehead atoms. The van der Waals surface area contributed by atoms with E-state index in [2.05, 4.69) is 41.1 Å². The highest BCUT2D eigenvalue weighted by Crippen LogP contribution is 2.38. The molecule has 2 aliphatic rings. The van der Waals surface area contributed by atoms with Gasteiger partial charge in [0.15, 0.2) is 0 Å². The lowest BCUT2D eigenvalue weighted by atomic mass is 9.90. The smallest absolute Gasteiger partial charge is 0.0957 e. The summed E-state index contributed by atoms with van der Waals surface area (Å²) < 4.78 is 15.0. The predicted octanol–water partition coefficient (Wildman–Crippen LogP) is 2.62. The van der Waals surface area contributed by atoms with E-state index in [1.165, 1.54) is 9.26 Å². The van der Waals surface area contributed by atoms with E-state index in [0.29, 0.717) is 6.04 Å². The first-order valence-electron chi connectivity index (χ1n) is 6.54. The van der Waals surface area contributed by atoms with Crippen molar-refractivity contribution in [2.24, 2.45) is 0 Å². The lowest BCUT2D eigenvalue weighted by Gasteiger charge is -2.37.